The molecule has 4 heterocycles. The van der Waals surface area contributed by atoms with Crippen LogP contribution in [0.25, 0.3) is 22.7 Å². The van der Waals surface area contributed by atoms with Gasteiger partial charge in [-0.15, -0.1) is 5.10 Å². The number of aryl methyl sites for hydroxylation is 1. The fraction of sp³-hybridized carbons (Fsp3) is 0.417. The summed E-state index contributed by atoms with van der Waals surface area (Å²) in [7, 11) is 0. The van der Waals surface area contributed by atoms with Crippen molar-refractivity contribution >= 4 is 11.3 Å². The summed E-state index contributed by atoms with van der Waals surface area (Å²) < 4.78 is 17.1. The summed E-state index contributed by atoms with van der Waals surface area (Å²) in [6.07, 6.45) is 8.67. The Labute approximate surface area is 201 Å². The molecule has 0 aliphatic heterocycles. The minimum Gasteiger partial charge on any atom is -0.390 e. The van der Waals surface area contributed by atoms with Gasteiger partial charge < -0.3 is 10.4 Å². The van der Waals surface area contributed by atoms with E-state index in [1.54, 1.807) is 41.5 Å². The Balaban J connectivity index is 1.49. The van der Waals surface area contributed by atoms with Gasteiger partial charge in [0.2, 0.25) is 0 Å². The molecule has 4 aromatic rings. The molecule has 35 heavy (non-hydrogen) atoms. The van der Waals surface area contributed by atoms with Gasteiger partial charge in [0.1, 0.15) is 23.6 Å². The average molecular weight is 476 g/mol. The molecule has 2 atom stereocenters. The van der Waals surface area contributed by atoms with Crippen LogP contribution < -0.4 is 5.32 Å². The highest BCUT2D eigenvalue weighted by atomic mass is 19.1. The van der Waals surface area contributed by atoms with E-state index in [0.717, 1.165) is 17.8 Å². The average Bonchev–Trinajstić information content (AvgIpc) is 3.56. The van der Waals surface area contributed by atoms with E-state index in [-0.39, 0.29) is 6.04 Å². The number of halogens is 1. The number of nitrogens with zero attached hydrogens (tertiary/aromatic N) is 8. The topological polar surface area (TPSA) is 130 Å². The van der Waals surface area contributed by atoms with Gasteiger partial charge in [-0.25, -0.2) is 18.6 Å². The van der Waals surface area contributed by atoms with E-state index in [2.05, 4.69) is 36.8 Å². The largest absolute Gasteiger partial charge is 0.390 e. The molecule has 180 valence electrons. The van der Waals surface area contributed by atoms with Gasteiger partial charge in [-0.2, -0.15) is 10.4 Å². The van der Waals surface area contributed by atoms with Crippen molar-refractivity contribution in [2.75, 3.05) is 5.32 Å². The normalized spacial score (nSPS) is 18.1. The lowest BCUT2D eigenvalue weighted by Gasteiger charge is -2.17. The van der Waals surface area contributed by atoms with E-state index in [9.17, 15) is 9.50 Å². The van der Waals surface area contributed by atoms with E-state index in [1.165, 1.54) is 6.20 Å². The van der Waals surface area contributed by atoms with E-state index in [1.807, 2.05) is 12.3 Å². The molecule has 0 aromatic carbocycles. The van der Waals surface area contributed by atoms with E-state index in [4.69, 9.17) is 5.26 Å². The molecule has 1 aliphatic carbocycles. The SMILES string of the molecule is CC(C)(O)CCc1cn(-c2cnc(-c3cc4ncc(C#N)cn4n3)cc2N[C@H]2CC[C@H](F)C2)nn1. The lowest BCUT2D eigenvalue weighted by molar-refractivity contribution is 0.0711. The second-order valence-electron chi connectivity index (χ2n) is 9.59. The van der Waals surface area contributed by atoms with Gasteiger partial charge in [-0.1, -0.05) is 5.21 Å². The number of alkyl halides is 1. The molecular weight excluding hydrogens is 449 g/mol. The molecule has 0 spiro atoms. The molecule has 4 aromatic heterocycles. The van der Waals surface area contributed by atoms with Gasteiger partial charge in [0.15, 0.2) is 5.65 Å². The summed E-state index contributed by atoms with van der Waals surface area (Å²) >= 11 is 0. The molecule has 5 rings (SSSR count). The van der Waals surface area contributed by atoms with Crippen LogP contribution in [0.2, 0.25) is 0 Å². The maximum Gasteiger partial charge on any atom is 0.155 e. The van der Waals surface area contributed by atoms with Crippen LogP contribution in [-0.4, -0.2) is 57.5 Å². The zero-order valence-electron chi connectivity index (χ0n) is 19.6. The molecule has 0 unspecified atom stereocenters. The highest BCUT2D eigenvalue weighted by Crippen LogP contribution is 2.30. The highest BCUT2D eigenvalue weighted by Gasteiger charge is 2.25. The standard InChI is InChI=1S/C24H26FN9O/c1-24(2,35)6-5-18-14-33(32-30-18)22-12-27-19(8-21(22)29-17-4-3-16(25)7-17)20-9-23-28-11-15(10-26)13-34(23)31-20/h8-9,11-14,16-17,35H,3-7H2,1-2H3,(H,27,29)/t16-,17-/m0/s1. The summed E-state index contributed by atoms with van der Waals surface area (Å²) in [4.78, 5) is 8.86. The molecule has 0 saturated heterocycles. The van der Waals surface area contributed by atoms with E-state index in [0.29, 0.717) is 54.0 Å². The van der Waals surface area contributed by atoms with Gasteiger partial charge in [0.05, 0.1) is 46.8 Å². The van der Waals surface area contributed by atoms with Crippen LogP contribution in [0.15, 0.2) is 36.9 Å². The van der Waals surface area contributed by atoms with Crippen LogP contribution >= 0.6 is 0 Å². The fourth-order valence-electron chi connectivity index (χ4n) is 4.19. The molecule has 2 N–H and O–H groups in total. The third kappa shape index (κ3) is 5.12. The van der Waals surface area contributed by atoms with Gasteiger partial charge in [-0.3, -0.25) is 4.98 Å². The maximum absolute atomic E-state index is 13.9. The number of nitrogens with one attached hydrogen (secondary N) is 1. The summed E-state index contributed by atoms with van der Waals surface area (Å²) in [6, 6.07) is 5.72. The third-order valence-corrected chi connectivity index (χ3v) is 6.10. The Morgan fingerprint density at radius 1 is 1.20 bits per heavy atom. The van der Waals surface area contributed by atoms with Crippen LogP contribution in [0.1, 0.15) is 50.8 Å². The van der Waals surface area contributed by atoms with Gasteiger partial charge in [-0.05, 0) is 52.0 Å². The van der Waals surface area contributed by atoms with Crippen LogP contribution in [0.5, 0.6) is 0 Å². The Kier molecular flexibility index (Phi) is 5.90. The Bertz CT molecular complexity index is 1400. The summed E-state index contributed by atoms with van der Waals surface area (Å²) in [5, 5.41) is 35.6. The first-order chi connectivity index (χ1) is 16.8. The molecule has 1 fully saturated rings. The molecule has 0 amide bonds. The Morgan fingerprint density at radius 2 is 2.06 bits per heavy atom. The molecule has 0 radical (unpaired) electrons. The molecule has 1 aliphatic rings. The second kappa shape index (κ2) is 9.03. The monoisotopic (exact) mass is 475 g/mol. The van der Waals surface area contributed by atoms with Crippen molar-refractivity contribution in [3.05, 3.63) is 48.2 Å². The van der Waals surface area contributed by atoms with Crippen molar-refractivity contribution in [1.82, 2.24) is 34.6 Å². The first kappa shape index (κ1) is 22.9. The Morgan fingerprint density at radius 3 is 2.80 bits per heavy atom. The maximum atomic E-state index is 13.9. The number of rotatable bonds is 7. The third-order valence-electron chi connectivity index (χ3n) is 6.10. The van der Waals surface area contributed by atoms with E-state index >= 15 is 0 Å². The molecular formula is C24H26FN9O. The minimum absolute atomic E-state index is 0.00176. The molecule has 1 saturated carbocycles. The van der Waals surface area contributed by atoms with Crippen molar-refractivity contribution in [2.24, 2.45) is 0 Å². The van der Waals surface area contributed by atoms with Gasteiger partial charge in [0.25, 0.3) is 0 Å². The predicted molar refractivity (Wildman–Crippen MR) is 127 cm³/mol. The quantitative estimate of drug-likeness (QED) is 0.417. The summed E-state index contributed by atoms with van der Waals surface area (Å²) in [5.74, 6) is 0. The number of hydrogen-bond donors (Lipinski definition) is 2. The number of pyridine rings is 1. The van der Waals surface area contributed by atoms with Gasteiger partial charge in [0, 0.05) is 18.3 Å². The van der Waals surface area contributed by atoms with Crippen LogP contribution in [-0.2, 0) is 6.42 Å². The van der Waals surface area contributed by atoms with Crippen molar-refractivity contribution in [3.8, 4) is 23.1 Å². The van der Waals surface area contributed by atoms with Crippen LogP contribution in [0, 0.1) is 11.3 Å². The number of hydrogen-bond acceptors (Lipinski definition) is 8. The van der Waals surface area contributed by atoms with Crippen molar-refractivity contribution in [1.29, 1.82) is 5.26 Å². The number of nitriles is 1. The molecule has 0 bridgehead atoms. The summed E-state index contributed by atoms with van der Waals surface area (Å²) in [6.45, 7) is 3.52. The summed E-state index contributed by atoms with van der Waals surface area (Å²) in [5.41, 5.74) is 3.62. The van der Waals surface area contributed by atoms with Gasteiger partial charge >= 0.3 is 0 Å². The molecule has 10 nitrogen and oxygen atoms in total. The minimum atomic E-state index is -0.809. The number of aromatic nitrogens is 7. The molecule has 11 heteroatoms. The van der Waals surface area contributed by atoms with Crippen LogP contribution in [0.3, 0.4) is 0 Å². The zero-order chi connectivity index (χ0) is 24.6. The van der Waals surface area contributed by atoms with E-state index < -0.39 is 11.8 Å². The first-order valence-electron chi connectivity index (χ1n) is 11.6. The van der Waals surface area contributed by atoms with Crippen LogP contribution in [0.4, 0.5) is 10.1 Å². The van der Waals surface area contributed by atoms with Crippen molar-refractivity contribution < 1.29 is 9.50 Å². The Hall–Kier alpha value is -3.91. The fourth-order valence-corrected chi connectivity index (χ4v) is 4.19. The number of aliphatic hydroxyl groups is 1. The first-order valence-corrected chi connectivity index (χ1v) is 11.6. The zero-order valence-corrected chi connectivity index (χ0v) is 19.6. The predicted octanol–water partition coefficient (Wildman–Crippen LogP) is 3.25. The smallest absolute Gasteiger partial charge is 0.155 e. The highest BCUT2D eigenvalue weighted by molar-refractivity contribution is 5.70. The van der Waals surface area contributed by atoms with Crippen molar-refractivity contribution in [2.45, 2.75) is 63.8 Å². The second-order valence-corrected chi connectivity index (χ2v) is 9.59. The van der Waals surface area contributed by atoms with Crippen molar-refractivity contribution in [3.63, 3.8) is 0 Å². The number of anilines is 1. The lowest BCUT2D eigenvalue weighted by Crippen LogP contribution is -2.19. The number of fused-ring (bicyclic) bond motifs is 1. The lowest BCUT2D eigenvalue weighted by atomic mass is 10.0.